The lowest BCUT2D eigenvalue weighted by atomic mass is 9.36. The molecule has 0 radical (unpaired) electrons. The second-order valence-corrected chi connectivity index (χ2v) is 11.9. The molecule has 0 saturated carbocycles. The summed E-state index contributed by atoms with van der Waals surface area (Å²) in [6.45, 7) is 0.105. The Labute approximate surface area is 268 Å². The molecule has 1 heterocycles. The van der Waals surface area contributed by atoms with Crippen molar-refractivity contribution < 1.29 is 0 Å². The molecule has 3 heteroatoms. The molecule has 0 amide bonds. The number of aromatic nitrogens is 1. The smallest absolute Gasteiger partial charge is 0.241 e. The lowest BCUT2D eigenvalue weighted by molar-refractivity contribution is 1.24. The van der Waals surface area contributed by atoms with Crippen molar-refractivity contribution in [3.05, 3.63) is 176 Å². The van der Waals surface area contributed by atoms with Gasteiger partial charge >= 0.3 is 0 Å². The van der Waals surface area contributed by atoms with Crippen molar-refractivity contribution in [3.8, 4) is 0 Å². The highest BCUT2D eigenvalue weighted by Gasteiger charge is 2.27. The molecule has 214 valence electrons. The Morgan fingerprint density at radius 2 is 1.00 bits per heavy atom. The van der Waals surface area contributed by atoms with Crippen LogP contribution in [0.1, 0.15) is 0 Å². The van der Waals surface area contributed by atoms with Gasteiger partial charge in [-0.25, -0.2) is 0 Å². The molecule has 0 aliphatic heterocycles. The van der Waals surface area contributed by atoms with E-state index in [2.05, 4.69) is 168 Å². The van der Waals surface area contributed by atoms with E-state index in [1.54, 1.807) is 0 Å². The minimum absolute atomic E-state index is 0.105. The zero-order valence-corrected chi connectivity index (χ0v) is 25.2. The molecule has 0 N–H and O–H groups in total. The third-order valence-electron chi connectivity index (χ3n) is 9.40. The van der Waals surface area contributed by atoms with Crippen LogP contribution in [0.25, 0.3) is 43.1 Å². The highest BCUT2D eigenvalue weighted by atomic mass is 15.1. The van der Waals surface area contributed by atoms with E-state index in [4.69, 9.17) is 0 Å². The minimum atomic E-state index is 0.105. The average molecular weight is 585 g/mol. The number of nitrogens with zero attached hydrogens (tertiary/aromatic N) is 2. The van der Waals surface area contributed by atoms with Gasteiger partial charge in [0.15, 0.2) is 0 Å². The zero-order valence-electron chi connectivity index (χ0n) is 25.2. The summed E-state index contributed by atoms with van der Waals surface area (Å²) in [5.74, 6) is 0. The predicted octanol–water partition coefficient (Wildman–Crippen LogP) is 9.12. The number of benzene rings is 8. The molecule has 9 rings (SSSR count). The van der Waals surface area contributed by atoms with Gasteiger partial charge in [-0.2, -0.15) is 0 Å². The van der Waals surface area contributed by atoms with Crippen molar-refractivity contribution in [2.24, 2.45) is 0 Å². The quantitative estimate of drug-likeness (QED) is 0.110. The van der Waals surface area contributed by atoms with Crippen LogP contribution in [0.3, 0.4) is 0 Å². The summed E-state index contributed by atoms with van der Waals surface area (Å²) >= 11 is 0. The minimum Gasteiger partial charge on any atom is -0.308 e. The van der Waals surface area contributed by atoms with Gasteiger partial charge in [0.25, 0.3) is 0 Å². The van der Waals surface area contributed by atoms with Crippen molar-refractivity contribution in [2.75, 3.05) is 4.90 Å². The normalized spacial score (nSPS) is 11.5. The van der Waals surface area contributed by atoms with Crippen LogP contribution in [0.15, 0.2) is 176 Å². The fraction of sp³-hybridized carbons (Fsp3) is 0. The van der Waals surface area contributed by atoms with Crippen LogP contribution in [0, 0.1) is 0 Å². The van der Waals surface area contributed by atoms with E-state index < -0.39 is 0 Å². The van der Waals surface area contributed by atoms with E-state index in [1.807, 2.05) is 18.5 Å². The fourth-order valence-electron chi connectivity index (χ4n) is 7.48. The van der Waals surface area contributed by atoms with Crippen molar-refractivity contribution in [1.82, 2.24) is 4.98 Å². The lowest BCUT2D eigenvalue weighted by Crippen LogP contribution is -2.52. The maximum absolute atomic E-state index is 4.53. The highest BCUT2D eigenvalue weighted by molar-refractivity contribution is 6.97. The van der Waals surface area contributed by atoms with Gasteiger partial charge < -0.3 is 4.90 Å². The molecule has 0 unspecified atom stereocenters. The topological polar surface area (TPSA) is 16.1 Å². The third-order valence-corrected chi connectivity index (χ3v) is 9.40. The first-order chi connectivity index (χ1) is 22.9. The van der Waals surface area contributed by atoms with Gasteiger partial charge in [0.2, 0.25) is 6.71 Å². The molecule has 0 atom stereocenters. The van der Waals surface area contributed by atoms with Crippen LogP contribution in [0.4, 0.5) is 17.1 Å². The number of anilines is 3. The van der Waals surface area contributed by atoms with Crippen molar-refractivity contribution in [3.63, 3.8) is 0 Å². The van der Waals surface area contributed by atoms with Crippen LogP contribution < -0.4 is 21.3 Å². The summed E-state index contributed by atoms with van der Waals surface area (Å²) in [6, 6.07) is 59.5. The van der Waals surface area contributed by atoms with Gasteiger partial charge in [0.1, 0.15) is 0 Å². The highest BCUT2D eigenvalue weighted by Crippen LogP contribution is 2.47. The third kappa shape index (κ3) is 4.17. The van der Waals surface area contributed by atoms with Gasteiger partial charge in [-0.1, -0.05) is 150 Å². The molecule has 0 bridgehead atoms. The van der Waals surface area contributed by atoms with Gasteiger partial charge in [0.05, 0.1) is 17.6 Å². The molecule has 0 aliphatic carbocycles. The molecule has 0 saturated heterocycles. The largest absolute Gasteiger partial charge is 0.308 e. The summed E-state index contributed by atoms with van der Waals surface area (Å²) in [5.41, 5.74) is 7.18. The Morgan fingerprint density at radius 1 is 0.413 bits per heavy atom. The van der Waals surface area contributed by atoms with Crippen molar-refractivity contribution in [1.29, 1.82) is 0 Å². The first kappa shape index (κ1) is 26.5. The van der Waals surface area contributed by atoms with E-state index in [0.29, 0.717) is 0 Å². The van der Waals surface area contributed by atoms with E-state index in [9.17, 15) is 0 Å². The Bertz CT molecular complexity index is 2380. The first-order valence-electron chi connectivity index (χ1n) is 15.8. The molecule has 46 heavy (non-hydrogen) atoms. The summed E-state index contributed by atoms with van der Waals surface area (Å²) < 4.78 is 0. The van der Waals surface area contributed by atoms with E-state index in [-0.39, 0.29) is 6.71 Å². The zero-order chi connectivity index (χ0) is 30.5. The van der Waals surface area contributed by atoms with Crippen molar-refractivity contribution in [2.45, 2.75) is 0 Å². The first-order valence-corrected chi connectivity index (χ1v) is 15.8. The molecule has 0 fully saturated rings. The number of fused-ring (bicyclic) bond motifs is 3. The Kier molecular flexibility index (Phi) is 6.28. The molecular weight excluding hydrogens is 555 g/mol. The molecule has 8 aromatic carbocycles. The van der Waals surface area contributed by atoms with Crippen LogP contribution in [0.5, 0.6) is 0 Å². The maximum atomic E-state index is 4.53. The number of rotatable bonds is 6. The van der Waals surface area contributed by atoms with Gasteiger partial charge in [-0.05, 0) is 62.6 Å². The van der Waals surface area contributed by atoms with Crippen LogP contribution in [-0.2, 0) is 0 Å². The maximum Gasteiger partial charge on any atom is 0.241 e. The second-order valence-electron chi connectivity index (χ2n) is 11.9. The monoisotopic (exact) mass is 584 g/mol. The Hall–Kier alpha value is -5.93. The summed E-state index contributed by atoms with van der Waals surface area (Å²) in [4.78, 5) is 6.88. The molecule has 0 aliphatic rings. The van der Waals surface area contributed by atoms with E-state index in [0.717, 1.165) is 17.1 Å². The SMILES string of the molecule is c1ccc(B(c2ccccc2)c2ccc3c4ccccc4c4c(N(c5ccccc5)c5cccnc5)ccc5ccc2c3c54)cc1. The number of para-hydroxylation sites is 1. The molecule has 0 spiro atoms. The second kappa shape index (κ2) is 10.9. The summed E-state index contributed by atoms with van der Waals surface area (Å²) in [5, 5.41) is 10.2. The number of hydrogen-bond acceptors (Lipinski definition) is 2. The Balaban J connectivity index is 1.42. The van der Waals surface area contributed by atoms with E-state index in [1.165, 1.54) is 59.5 Å². The van der Waals surface area contributed by atoms with Gasteiger partial charge in [-0.15, -0.1) is 0 Å². The fourth-order valence-corrected chi connectivity index (χ4v) is 7.48. The van der Waals surface area contributed by atoms with Crippen LogP contribution in [-0.4, -0.2) is 11.7 Å². The predicted molar refractivity (Wildman–Crippen MR) is 198 cm³/mol. The summed E-state index contributed by atoms with van der Waals surface area (Å²) in [7, 11) is 0. The van der Waals surface area contributed by atoms with Gasteiger partial charge in [0, 0.05) is 22.7 Å². The van der Waals surface area contributed by atoms with Crippen LogP contribution >= 0.6 is 0 Å². The number of pyridine rings is 1. The van der Waals surface area contributed by atoms with Gasteiger partial charge in [-0.3, -0.25) is 4.98 Å². The summed E-state index contributed by atoms with van der Waals surface area (Å²) in [6.07, 6.45) is 3.79. The molecular formula is C43H29BN2. The standard InChI is InChI=1S/C43H29BN2/c1-4-13-31(14-5-1)44(32-15-6-2-7-16-32)39-26-25-37-35-20-10-11-21-36(35)43-40(27-23-30-22-24-38(39)42(37)41(30)43)46(33-17-8-3-9-18-33)34-19-12-28-45-29-34/h1-29H. The van der Waals surface area contributed by atoms with Crippen molar-refractivity contribution >= 4 is 83.3 Å². The molecule has 1 aromatic heterocycles. The average Bonchev–Trinajstić information content (AvgIpc) is 3.13. The Morgan fingerprint density at radius 3 is 1.70 bits per heavy atom. The number of hydrogen-bond donors (Lipinski definition) is 0. The molecule has 2 nitrogen and oxygen atoms in total. The lowest BCUT2D eigenvalue weighted by Gasteiger charge is -2.28. The molecule has 9 aromatic rings. The van der Waals surface area contributed by atoms with Crippen LogP contribution in [0.2, 0.25) is 0 Å². The van der Waals surface area contributed by atoms with E-state index >= 15 is 0 Å².